The largest absolute Gasteiger partial charge is 0.507 e. The fraction of sp³-hybridized carbons (Fsp3) is 0.652. The van der Waals surface area contributed by atoms with Crippen LogP contribution in [0.2, 0.25) is 0 Å². The molecule has 0 aliphatic carbocycles. The molecule has 1 heterocycles. The van der Waals surface area contributed by atoms with E-state index >= 15 is 0 Å². The summed E-state index contributed by atoms with van der Waals surface area (Å²) in [7, 11) is 0. The lowest BCUT2D eigenvalue weighted by Gasteiger charge is -2.25. The molecule has 8 heteroatoms. The maximum atomic E-state index is 11.7. The number of phenolic OH excluding ortho intramolecular Hbond substituents is 1. The Kier molecular flexibility index (Phi) is 10.5. The summed E-state index contributed by atoms with van der Waals surface area (Å²) < 4.78 is 11.9. The molecule has 1 fully saturated rings. The van der Waals surface area contributed by atoms with Crippen LogP contribution in [0.5, 0.6) is 11.5 Å². The van der Waals surface area contributed by atoms with E-state index in [2.05, 4.69) is 6.92 Å². The van der Waals surface area contributed by atoms with Crippen molar-refractivity contribution in [2.75, 3.05) is 24.7 Å². The number of ketones is 1. The van der Waals surface area contributed by atoms with E-state index in [0.29, 0.717) is 48.2 Å². The quantitative estimate of drug-likeness (QED) is 0.285. The number of hydrogen-bond acceptors (Lipinski definition) is 7. The van der Waals surface area contributed by atoms with Crippen LogP contribution in [-0.2, 0) is 16.0 Å². The molecular formula is C23H34O6S2. The van der Waals surface area contributed by atoms with E-state index in [9.17, 15) is 14.7 Å². The minimum absolute atomic E-state index is 0.0433. The zero-order chi connectivity index (χ0) is 22.9. The SMILES string of the molecule is CCCc1c(OCCCSCC2COC(CC)(CCC(=O)O)S2)ccc(C(C)=O)c1O. The lowest BCUT2D eigenvalue weighted by Crippen LogP contribution is -2.24. The van der Waals surface area contributed by atoms with Crippen LogP contribution >= 0.6 is 23.5 Å². The Bertz CT molecular complexity index is 754. The predicted octanol–water partition coefficient (Wildman–Crippen LogP) is 5.15. The Hall–Kier alpha value is -1.38. The fourth-order valence-electron chi connectivity index (χ4n) is 3.58. The number of benzene rings is 1. The first-order valence-electron chi connectivity index (χ1n) is 10.9. The van der Waals surface area contributed by atoms with Gasteiger partial charge in [0.15, 0.2) is 5.78 Å². The maximum absolute atomic E-state index is 11.7. The van der Waals surface area contributed by atoms with Gasteiger partial charge in [-0.05, 0) is 50.5 Å². The van der Waals surface area contributed by atoms with Crippen molar-refractivity contribution in [2.24, 2.45) is 0 Å². The third-order valence-corrected chi connectivity index (χ3v) is 8.39. The molecule has 0 spiro atoms. The van der Waals surface area contributed by atoms with Gasteiger partial charge in [0.2, 0.25) is 0 Å². The first-order valence-corrected chi connectivity index (χ1v) is 12.9. The second kappa shape index (κ2) is 12.6. The van der Waals surface area contributed by atoms with Gasteiger partial charge in [0.25, 0.3) is 0 Å². The number of phenols is 1. The molecule has 0 aromatic heterocycles. The van der Waals surface area contributed by atoms with E-state index in [1.54, 1.807) is 23.9 Å². The molecule has 1 aromatic carbocycles. The summed E-state index contributed by atoms with van der Waals surface area (Å²) in [6, 6.07) is 3.41. The zero-order valence-electron chi connectivity index (χ0n) is 18.6. The Labute approximate surface area is 193 Å². The molecule has 174 valence electrons. The van der Waals surface area contributed by atoms with E-state index in [-0.39, 0.29) is 22.9 Å². The average Bonchev–Trinajstić information content (AvgIpc) is 3.15. The Morgan fingerprint density at radius 3 is 2.77 bits per heavy atom. The highest BCUT2D eigenvalue weighted by atomic mass is 32.2. The van der Waals surface area contributed by atoms with Crippen LogP contribution in [0.3, 0.4) is 0 Å². The van der Waals surface area contributed by atoms with Gasteiger partial charge < -0.3 is 19.7 Å². The smallest absolute Gasteiger partial charge is 0.303 e. The van der Waals surface area contributed by atoms with Gasteiger partial charge >= 0.3 is 5.97 Å². The highest BCUT2D eigenvalue weighted by molar-refractivity contribution is 8.04. The number of ether oxygens (including phenoxy) is 2. The van der Waals surface area contributed by atoms with Gasteiger partial charge in [-0.1, -0.05) is 20.3 Å². The molecule has 1 aliphatic rings. The van der Waals surface area contributed by atoms with Crippen molar-refractivity contribution in [1.29, 1.82) is 0 Å². The van der Waals surface area contributed by atoms with E-state index < -0.39 is 5.97 Å². The molecule has 6 nitrogen and oxygen atoms in total. The third kappa shape index (κ3) is 7.61. The van der Waals surface area contributed by atoms with Gasteiger partial charge in [-0.15, -0.1) is 11.8 Å². The van der Waals surface area contributed by atoms with Crippen LogP contribution in [0.15, 0.2) is 12.1 Å². The first-order chi connectivity index (χ1) is 14.8. The highest BCUT2D eigenvalue weighted by Gasteiger charge is 2.39. The van der Waals surface area contributed by atoms with Gasteiger partial charge in [0.05, 0.1) is 18.8 Å². The van der Waals surface area contributed by atoms with E-state index in [1.165, 1.54) is 6.92 Å². The van der Waals surface area contributed by atoms with Gasteiger partial charge in [0.1, 0.15) is 16.4 Å². The molecule has 1 saturated heterocycles. The molecule has 2 rings (SSSR count). The van der Waals surface area contributed by atoms with Crippen molar-refractivity contribution in [3.05, 3.63) is 23.3 Å². The Morgan fingerprint density at radius 2 is 2.13 bits per heavy atom. The molecule has 2 unspecified atom stereocenters. The van der Waals surface area contributed by atoms with Gasteiger partial charge in [-0.2, -0.15) is 11.8 Å². The molecule has 31 heavy (non-hydrogen) atoms. The molecule has 0 saturated carbocycles. The monoisotopic (exact) mass is 470 g/mol. The van der Waals surface area contributed by atoms with Gasteiger partial charge in [-0.25, -0.2) is 0 Å². The minimum Gasteiger partial charge on any atom is -0.507 e. The fourth-order valence-corrected chi connectivity index (χ4v) is 6.25. The normalized spacial score (nSPS) is 20.7. The second-order valence-electron chi connectivity index (χ2n) is 7.73. The molecule has 0 amide bonds. The molecule has 1 aromatic rings. The highest BCUT2D eigenvalue weighted by Crippen LogP contribution is 2.44. The van der Waals surface area contributed by atoms with Crippen molar-refractivity contribution in [3.63, 3.8) is 0 Å². The summed E-state index contributed by atoms with van der Waals surface area (Å²) in [5, 5.41) is 19.7. The minimum atomic E-state index is -0.777. The third-order valence-electron chi connectivity index (χ3n) is 5.29. The van der Waals surface area contributed by atoms with E-state index in [4.69, 9.17) is 14.6 Å². The van der Waals surface area contributed by atoms with Crippen LogP contribution in [0.25, 0.3) is 0 Å². The number of carboxylic acids is 1. The maximum Gasteiger partial charge on any atom is 0.303 e. The second-order valence-corrected chi connectivity index (χ2v) is 10.5. The molecule has 1 aliphatic heterocycles. The predicted molar refractivity (Wildman–Crippen MR) is 127 cm³/mol. The van der Waals surface area contributed by atoms with Crippen LogP contribution in [0.1, 0.15) is 68.8 Å². The summed E-state index contributed by atoms with van der Waals surface area (Å²) in [4.78, 5) is 22.2. The van der Waals surface area contributed by atoms with Crippen molar-refractivity contribution < 1.29 is 29.3 Å². The number of carbonyl (C=O) groups is 2. The summed E-state index contributed by atoms with van der Waals surface area (Å²) in [5.74, 6) is 1.69. The molecule has 2 N–H and O–H groups in total. The zero-order valence-corrected chi connectivity index (χ0v) is 20.3. The van der Waals surface area contributed by atoms with Crippen molar-refractivity contribution in [3.8, 4) is 11.5 Å². The van der Waals surface area contributed by atoms with Gasteiger partial charge in [0, 0.05) is 23.0 Å². The summed E-state index contributed by atoms with van der Waals surface area (Å²) in [6.45, 7) is 6.75. The Morgan fingerprint density at radius 1 is 1.35 bits per heavy atom. The van der Waals surface area contributed by atoms with Crippen LogP contribution in [0, 0.1) is 0 Å². The standard InChI is InChI=1S/C23H34O6S2/c1-4-7-19-20(9-8-18(16(3)24)22(19)27)28-12-6-13-30-15-17-14-29-23(5-2,31-17)11-10-21(25)26/h8-9,17,27H,4-7,10-15H2,1-3H3,(H,25,26). The molecule has 0 radical (unpaired) electrons. The number of Topliss-reactive ketones (excluding diaryl/α,β-unsaturated/α-hetero) is 1. The summed E-state index contributed by atoms with van der Waals surface area (Å²) in [6.07, 6.45) is 3.90. The Balaban J connectivity index is 1.74. The number of thioether (sulfide) groups is 2. The number of carbonyl (C=O) groups excluding carboxylic acids is 1. The van der Waals surface area contributed by atoms with Gasteiger partial charge in [-0.3, -0.25) is 9.59 Å². The number of rotatable bonds is 14. The van der Waals surface area contributed by atoms with Crippen molar-refractivity contribution in [2.45, 2.75) is 69.5 Å². The van der Waals surface area contributed by atoms with Crippen LogP contribution < -0.4 is 4.74 Å². The van der Waals surface area contributed by atoms with E-state index in [0.717, 1.165) is 30.8 Å². The summed E-state index contributed by atoms with van der Waals surface area (Å²) in [5.41, 5.74) is 1.05. The summed E-state index contributed by atoms with van der Waals surface area (Å²) >= 11 is 3.63. The van der Waals surface area contributed by atoms with Crippen LogP contribution in [-0.4, -0.2) is 56.9 Å². The number of aromatic hydroxyl groups is 1. The lowest BCUT2D eigenvalue weighted by molar-refractivity contribution is -0.138. The van der Waals surface area contributed by atoms with Crippen molar-refractivity contribution >= 4 is 35.3 Å². The average molecular weight is 471 g/mol. The van der Waals surface area contributed by atoms with Crippen LogP contribution in [0.4, 0.5) is 0 Å². The number of carboxylic acid groups (broad SMARTS) is 1. The number of aliphatic carboxylic acids is 1. The number of hydrogen-bond donors (Lipinski definition) is 2. The lowest BCUT2D eigenvalue weighted by atomic mass is 10.0. The first kappa shape index (κ1) is 25.9. The molecule has 2 atom stereocenters. The van der Waals surface area contributed by atoms with E-state index in [1.807, 2.05) is 18.7 Å². The molecule has 0 bridgehead atoms. The topological polar surface area (TPSA) is 93.1 Å². The molecular weight excluding hydrogens is 436 g/mol. The van der Waals surface area contributed by atoms with Crippen molar-refractivity contribution in [1.82, 2.24) is 0 Å².